The number of carbonyl (C=O) groups is 1. The summed E-state index contributed by atoms with van der Waals surface area (Å²) in [7, 11) is 0. The van der Waals surface area contributed by atoms with Gasteiger partial charge in [0, 0.05) is 28.8 Å². The number of hydrogen-bond donors (Lipinski definition) is 1. The Kier molecular flexibility index (Phi) is 5.72. The number of halogens is 1. The highest BCUT2D eigenvalue weighted by molar-refractivity contribution is 9.10. The SMILES string of the molecule is O=C1Nc2ccccc2[C@]12[C@H]([N+](=O)[O-])[C@@H](c1ccc(OCc3ccc4ccccc4c3)c(Br)c1)[C@@H]1CCCN12. The predicted octanol–water partition coefficient (Wildman–Crippen LogP) is 6.24. The van der Waals surface area contributed by atoms with Crippen molar-refractivity contribution < 1.29 is 14.5 Å². The van der Waals surface area contributed by atoms with E-state index in [1.807, 2.05) is 54.6 Å². The smallest absolute Gasteiger partial charge is 0.256 e. The number of nitrogens with zero attached hydrogens (tertiary/aromatic N) is 2. The highest BCUT2D eigenvalue weighted by atomic mass is 79.9. The summed E-state index contributed by atoms with van der Waals surface area (Å²) in [6.45, 7) is 1.06. The molecule has 196 valence electrons. The summed E-state index contributed by atoms with van der Waals surface area (Å²) < 4.78 is 6.89. The summed E-state index contributed by atoms with van der Waals surface area (Å²) >= 11 is 3.66. The highest BCUT2D eigenvalue weighted by Crippen LogP contribution is 2.58. The summed E-state index contributed by atoms with van der Waals surface area (Å²) in [6, 6.07) is 26.4. The van der Waals surface area contributed by atoms with Gasteiger partial charge in [0.2, 0.25) is 0 Å². The van der Waals surface area contributed by atoms with Gasteiger partial charge < -0.3 is 10.1 Å². The quantitative estimate of drug-likeness (QED) is 0.222. The minimum absolute atomic E-state index is 0.103. The van der Waals surface area contributed by atoms with Crippen molar-refractivity contribution in [2.45, 2.75) is 43.0 Å². The van der Waals surface area contributed by atoms with Crippen LogP contribution >= 0.6 is 15.9 Å². The third-order valence-electron chi connectivity index (χ3n) is 8.64. The fourth-order valence-corrected chi connectivity index (χ4v) is 7.62. The van der Waals surface area contributed by atoms with Crippen LogP contribution in [0.2, 0.25) is 0 Å². The average Bonchev–Trinajstić information content (AvgIpc) is 3.61. The fraction of sp³-hybridized carbons (Fsp3) is 0.258. The number of nitro groups is 1. The van der Waals surface area contributed by atoms with Gasteiger partial charge in [-0.3, -0.25) is 19.8 Å². The molecule has 0 bridgehead atoms. The van der Waals surface area contributed by atoms with Gasteiger partial charge in [-0.15, -0.1) is 0 Å². The Morgan fingerprint density at radius 3 is 2.64 bits per heavy atom. The van der Waals surface area contributed by atoms with Crippen LogP contribution in [0.15, 0.2) is 89.4 Å². The normalized spacial score (nSPS) is 25.6. The molecule has 1 amide bonds. The Hall–Kier alpha value is -3.75. The van der Waals surface area contributed by atoms with Gasteiger partial charge in [0.1, 0.15) is 12.4 Å². The van der Waals surface area contributed by atoms with Gasteiger partial charge in [0.25, 0.3) is 11.9 Å². The number of nitrogens with one attached hydrogen (secondary N) is 1. The van der Waals surface area contributed by atoms with Crippen molar-refractivity contribution in [3.63, 3.8) is 0 Å². The number of para-hydroxylation sites is 1. The molecule has 8 heteroatoms. The van der Waals surface area contributed by atoms with Crippen molar-refractivity contribution in [1.29, 1.82) is 0 Å². The van der Waals surface area contributed by atoms with Crippen molar-refractivity contribution in [2.75, 3.05) is 11.9 Å². The van der Waals surface area contributed by atoms with Crippen LogP contribution in [0.3, 0.4) is 0 Å². The van der Waals surface area contributed by atoms with Crippen molar-refractivity contribution in [3.8, 4) is 5.75 Å². The Bertz CT molecular complexity index is 1640. The maximum absolute atomic E-state index is 13.6. The third-order valence-corrected chi connectivity index (χ3v) is 9.26. The van der Waals surface area contributed by atoms with Gasteiger partial charge in [-0.2, -0.15) is 0 Å². The van der Waals surface area contributed by atoms with E-state index in [0.717, 1.165) is 33.8 Å². The Balaban J connectivity index is 1.22. The van der Waals surface area contributed by atoms with Crippen molar-refractivity contribution >= 4 is 38.3 Å². The van der Waals surface area contributed by atoms with E-state index in [2.05, 4.69) is 56.5 Å². The molecular formula is C31H26BrN3O4. The van der Waals surface area contributed by atoms with E-state index in [9.17, 15) is 14.9 Å². The molecular weight excluding hydrogens is 558 g/mol. The molecule has 0 unspecified atom stereocenters. The molecule has 4 aromatic rings. The number of carbonyl (C=O) groups excluding carboxylic acids is 1. The molecule has 7 nitrogen and oxygen atoms in total. The van der Waals surface area contributed by atoms with Crippen molar-refractivity contribution in [2.24, 2.45) is 0 Å². The summed E-state index contributed by atoms with van der Waals surface area (Å²) in [5, 5.41) is 18.1. The second kappa shape index (κ2) is 9.17. The van der Waals surface area contributed by atoms with Crippen LogP contribution < -0.4 is 10.1 Å². The molecule has 2 saturated heterocycles. The zero-order valence-corrected chi connectivity index (χ0v) is 22.6. The first-order chi connectivity index (χ1) is 19.0. The van der Waals surface area contributed by atoms with Crippen LogP contribution in [0.1, 0.15) is 35.4 Å². The van der Waals surface area contributed by atoms with Gasteiger partial charge in [-0.05, 0) is 74.9 Å². The number of amides is 1. The first-order valence-corrected chi connectivity index (χ1v) is 14.0. The molecule has 39 heavy (non-hydrogen) atoms. The summed E-state index contributed by atoms with van der Waals surface area (Å²) in [6.07, 6.45) is 1.71. The van der Waals surface area contributed by atoms with Crippen LogP contribution in [-0.4, -0.2) is 34.4 Å². The van der Waals surface area contributed by atoms with E-state index >= 15 is 0 Å². The van der Waals surface area contributed by atoms with Crippen molar-refractivity contribution in [3.05, 3.63) is 116 Å². The van der Waals surface area contributed by atoms with Crippen molar-refractivity contribution in [1.82, 2.24) is 4.90 Å². The largest absolute Gasteiger partial charge is 0.488 e. The number of benzene rings is 4. The molecule has 1 spiro atoms. The van der Waals surface area contributed by atoms with Gasteiger partial charge in [-0.1, -0.05) is 60.7 Å². The molecule has 0 aromatic heterocycles. The van der Waals surface area contributed by atoms with Crippen LogP contribution in [0.25, 0.3) is 10.8 Å². The molecule has 0 saturated carbocycles. The van der Waals surface area contributed by atoms with E-state index in [-0.39, 0.29) is 16.9 Å². The maximum Gasteiger partial charge on any atom is 0.256 e. The molecule has 2 fully saturated rings. The summed E-state index contributed by atoms with van der Waals surface area (Å²) in [4.78, 5) is 28.3. The summed E-state index contributed by atoms with van der Waals surface area (Å²) in [5.41, 5.74) is 1.96. The Morgan fingerprint density at radius 2 is 1.82 bits per heavy atom. The standard InChI is InChI=1S/C31H26BrN3O4/c32-24-17-22(13-14-27(24)39-18-19-11-12-20-6-1-2-7-21(20)16-19)28-26-10-5-15-34(26)31(29(28)35(37)38)23-8-3-4-9-25(23)33-30(31)36/h1-4,6-9,11-14,16-17,26,28-29H,5,10,15,18H2,(H,33,36)/t26-,28-,29+,31-/m0/s1. The van der Waals surface area contributed by atoms with Gasteiger partial charge in [0.05, 0.1) is 10.4 Å². The molecule has 3 aliphatic heterocycles. The van der Waals surface area contributed by atoms with Crippen LogP contribution in [0.5, 0.6) is 5.75 Å². The first-order valence-electron chi connectivity index (χ1n) is 13.2. The lowest BCUT2D eigenvalue weighted by Gasteiger charge is -2.32. The Labute approximate surface area is 234 Å². The van der Waals surface area contributed by atoms with Crippen LogP contribution in [0, 0.1) is 10.1 Å². The fourth-order valence-electron chi connectivity index (χ4n) is 7.11. The molecule has 4 aromatic carbocycles. The minimum atomic E-state index is -1.32. The van der Waals surface area contributed by atoms with E-state index in [1.165, 1.54) is 5.39 Å². The number of hydrogen-bond acceptors (Lipinski definition) is 5. The van der Waals surface area contributed by atoms with Gasteiger partial charge in [0.15, 0.2) is 5.54 Å². The molecule has 1 N–H and O–H groups in total. The van der Waals surface area contributed by atoms with Crippen LogP contribution in [-0.2, 0) is 16.9 Å². The van der Waals surface area contributed by atoms with E-state index in [0.29, 0.717) is 30.2 Å². The molecule has 3 heterocycles. The zero-order valence-electron chi connectivity index (χ0n) is 21.0. The van der Waals surface area contributed by atoms with E-state index in [4.69, 9.17) is 4.74 Å². The number of fused-ring (bicyclic) bond motifs is 5. The predicted molar refractivity (Wildman–Crippen MR) is 152 cm³/mol. The Morgan fingerprint density at radius 1 is 1.03 bits per heavy atom. The highest BCUT2D eigenvalue weighted by Gasteiger charge is 2.73. The number of anilines is 1. The lowest BCUT2D eigenvalue weighted by atomic mass is 9.77. The van der Waals surface area contributed by atoms with E-state index < -0.39 is 17.5 Å². The van der Waals surface area contributed by atoms with Gasteiger partial charge >= 0.3 is 0 Å². The molecule has 4 atom stereocenters. The topological polar surface area (TPSA) is 84.7 Å². The van der Waals surface area contributed by atoms with Gasteiger partial charge in [-0.25, -0.2) is 0 Å². The molecule has 0 radical (unpaired) electrons. The average molecular weight is 584 g/mol. The first kappa shape index (κ1) is 24.3. The summed E-state index contributed by atoms with van der Waals surface area (Å²) in [5.74, 6) is -0.0658. The monoisotopic (exact) mass is 583 g/mol. The zero-order chi connectivity index (χ0) is 26.7. The third kappa shape index (κ3) is 3.62. The number of rotatable bonds is 5. The lowest BCUT2D eigenvalue weighted by Crippen LogP contribution is -2.55. The minimum Gasteiger partial charge on any atom is -0.488 e. The lowest BCUT2D eigenvalue weighted by molar-refractivity contribution is -0.534. The molecule has 0 aliphatic carbocycles. The maximum atomic E-state index is 13.6. The second-order valence-corrected chi connectivity index (χ2v) is 11.4. The van der Waals surface area contributed by atoms with Crippen LogP contribution in [0.4, 0.5) is 5.69 Å². The molecule has 3 aliphatic rings. The number of ether oxygens (including phenoxy) is 1. The molecule has 7 rings (SSSR count). The second-order valence-electron chi connectivity index (χ2n) is 10.6. The van der Waals surface area contributed by atoms with E-state index in [1.54, 1.807) is 0 Å².